The monoisotopic (exact) mass is 346 g/mol. The second-order valence-corrected chi connectivity index (χ2v) is 7.19. The van der Waals surface area contributed by atoms with Crippen LogP contribution >= 0.6 is 0 Å². The molecule has 1 aliphatic heterocycles. The molecule has 1 atom stereocenters. The van der Waals surface area contributed by atoms with Crippen molar-refractivity contribution in [2.75, 3.05) is 11.4 Å². The topological polar surface area (TPSA) is 86.7 Å². The second-order valence-electron chi connectivity index (χ2n) is 7.19. The van der Waals surface area contributed by atoms with Crippen molar-refractivity contribution < 1.29 is 19.5 Å². The Labute approximate surface area is 148 Å². The molecule has 2 N–H and O–H groups in total. The van der Waals surface area contributed by atoms with Crippen molar-refractivity contribution in [3.8, 4) is 0 Å². The van der Waals surface area contributed by atoms with E-state index < -0.39 is 17.4 Å². The van der Waals surface area contributed by atoms with Gasteiger partial charge in [-0.25, -0.2) is 0 Å². The van der Waals surface area contributed by atoms with Crippen LogP contribution in [0.3, 0.4) is 0 Å². The number of carbonyl (C=O) groups is 3. The van der Waals surface area contributed by atoms with E-state index in [1.165, 1.54) is 5.56 Å². The van der Waals surface area contributed by atoms with Gasteiger partial charge in [0, 0.05) is 30.6 Å². The molecule has 1 saturated heterocycles. The van der Waals surface area contributed by atoms with Gasteiger partial charge in [0.25, 0.3) is 0 Å². The normalized spacial score (nSPS) is 17.6. The molecular weight excluding hydrogens is 320 g/mol. The summed E-state index contributed by atoms with van der Waals surface area (Å²) in [4.78, 5) is 37.1. The minimum Gasteiger partial charge on any atom is -0.481 e. The minimum absolute atomic E-state index is 0.00716. The van der Waals surface area contributed by atoms with Crippen molar-refractivity contribution in [2.24, 2.45) is 5.92 Å². The molecule has 2 rings (SSSR count). The summed E-state index contributed by atoms with van der Waals surface area (Å²) in [5.41, 5.74) is 1.39. The molecule has 0 bridgehead atoms. The first-order chi connectivity index (χ1) is 11.7. The Hall–Kier alpha value is -2.37. The van der Waals surface area contributed by atoms with E-state index in [0.717, 1.165) is 12.1 Å². The summed E-state index contributed by atoms with van der Waals surface area (Å²) < 4.78 is 0. The second kappa shape index (κ2) is 7.68. The van der Waals surface area contributed by atoms with E-state index in [1.54, 1.807) is 18.7 Å². The van der Waals surface area contributed by atoms with E-state index >= 15 is 0 Å². The molecule has 0 aromatic heterocycles. The molecule has 6 heteroatoms. The maximum atomic E-state index is 12.5. The molecule has 0 radical (unpaired) electrons. The number of benzene rings is 1. The third kappa shape index (κ3) is 5.05. The predicted octanol–water partition coefficient (Wildman–Crippen LogP) is 2.36. The highest BCUT2D eigenvalue weighted by Crippen LogP contribution is 2.26. The summed E-state index contributed by atoms with van der Waals surface area (Å²) in [6, 6.07) is 7.80. The van der Waals surface area contributed by atoms with Crippen LogP contribution in [0.15, 0.2) is 24.3 Å². The third-order valence-corrected chi connectivity index (χ3v) is 4.58. The Bertz CT molecular complexity index is 652. The van der Waals surface area contributed by atoms with Crippen molar-refractivity contribution in [1.29, 1.82) is 0 Å². The number of aliphatic carboxylic acids is 1. The summed E-state index contributed by atoms with van der Waals surface area (Å²) in [5, 5.41) is 11.7. The largest absolute Gasteiger partial charge is 0.481 e. The Morgan fingerprint density at radius 3 is 2.48 bits per heavy atom. The van der Waals surface area contributed by atoms with Gasteiger partial charge in [0.2, 0.25) is 11.8 Å². The van der Waals surface area contributed by atoms with Crippen LogP contribution in [0.5, 0.6) is 0 Å². The average Bonchev–Trinajstić information content (AvgIpc) is 2.95. The predicted molar refractivity (Wildman–Crippen MR) is 95.4 cm³/mol. The van der Waals surface area contributed by atoms with E-state index in [0.29, 0.717) is 13.0 Å². The fourth-order valence-corrected chi connectivity index (χ4v) is 2.96. The number of anilines is 1. The van der Waals surface area contributed by atoms with Crippen LogP contribution in [0.1, 0.15) is 45.6 Å². The third-order valence-electron chi connectivity index (χ3n) is 4.58. The quantitative estimate of drug-likeness (QED) is 0.793. The molecule has 1 unspecified atom stereocenters. The van der Waals surface area contributed by atoms with Gasteiger partial charge in [-0.05, 0) is 44.4 Å². The maximum absolute atomic E-state index is 12.5. The molecular formula is C19H26N2O4. The molecule has 25 heavy (non-hydrogen) atoms. The van der Waals surface area contributed by atoms with Crippen LogP contribution in [0.4, 0.5) is 5.69 Å². The molecule has 2 amide bonds. The fraction of sp³-hybridized carbons (Fsp3) is 0.526. The number of carboxylic acids is 1. The molecule has 0 saturated carbocycles. The molecule has 6 nitrogen and oxygen atoms in total. The molecule has 136 valence electrons. The van der Waals surface area contributed by atoms with Crippen LogP contribution in [-0.2, 0) is 20.8 Å². The first-order valence-electron chi connectivity index (χ1n) is 8.65. The molecule has 1 aromatic rings. The Morgan fingerprint density at radius 1 is 1.28 bits per heavy atom. The Kier molecular flexibility index (Phi) is 5.82. The highest BCUT2D eigenvalue weighted by molar-refractivity contribution is 6.00. The molecule has 0 aliphatic carbocycles. The Morgan fingerprint density at radius 2 is 1.92 bits per heavy atom. The van der Waals surface area contributed by atoms with Gasteiger partial charge in [0.15, 0.2) is 0 Å². The number of nitrogens with one attached hydrogen (secondary N) is 1. The highest BCUT2D eigenvalue weighted by atomic mass is 16.4. The number of rotatable bonds is 7. The van der Waals surface area contributed by atoms with Gasteiger partial charge in [-0.3, -0.25) is 14.4 Å². The summed E-state index contributed by atoms with van der Waals surface area (Å²) in [7, 11) is 0. The van der Waals surface area contributed by atoms with E-state index in [4.69, 9.17) is 5.11 Å². The van der Waals surface area contributed by atoms with Crippen molar-refractivity contribution in [3.05, 3.63) is 29.8 Å². The van der Waals surface area contributed by atoms with E-state index in [2.05, 4.69) is 12.2 Å². The lowest BCUT2D eigenvalue weighted by molar-refractivity contribution is -0.138. The van der Waals surface area contributed by atoms with Crippen molar-refractivity contribution in [2.45, 2.75) is 52.0 Å². The number of aryl methyl sites for hydroxylation is 1. The minimum atomic E-state index is -0.889. The molecule has 1 aromatic carbocycles. The van der Waals surface area contributed by atoms with Gasteiger partial charge in [0.1, 0.15) is 0 Å². The highest BCUT2D eigenvalue weighted by Gasteiger charge is 2.36. The first-order valence-corrected chi connectivity index (χ1v) is 8.65. The van der Waals surface area contributed by atoms with Crippen molar-refractivity contribution >= 4 is 23.5 Å². The van der Waals surface area contributed by atoms with Gasteiger partial charge >= 0.3 is 5.97 Å². The van der Waals surface area contributed by atoms with E-state index in [9.17, 15) is 14.4 Å². The lowest BCUT2D eigenvalue weighted by Crippen LogP contribution is -2.46. The molecule has 1 fully saturated rings. The SMILES string of the molecule is CCc1ccc(N2CC(C(=O)NC(C)(C)CCC(=O)O)CC2=O)cc1. The van der Waals surface area contributed by atoms with Crippen LogP contribution in [0, 0.1) is 5.92 Å². The zero-order valence-electron chi connectivity index (χ0n) is 15.0. The number of nitrogens with zero attached hydrogens (tertiary/aromatic N) is 1. The van der Waals surface area contributed by atoms with Crippen molar-refractivity contribution in [3.63, 3.8) is 0 Å². The lowest BCUT2D eigenvalue weighted by Gasteiger charge is -2.27. The fourth-order valence-electron chi connectivity index (χ4n) is 2.96. The first kappa shape index (κ1) is 19.0. The van der Waals surface area contributed by atoms with Crippen LogP contribution in [0.25, 0.3) is 0 Å². The molecule has 1 aliphatic rings. The van der Waals surface area contributed by atoms with Gasteiger partial charge in [-0.15, -0.1) is 0 Å². The van der Waals surface area contributed by atoms with Gasteiger partial charge in [-0.1, -0.05) is 19.1 Å². The van der Waals surface area contributed by atoms with E-state index in [-0.39, 0.29) is 24.7 Å². The summed E-state index contributed by atoms with van der Waals surface area (Å²) in [5.74, 6) is -1.56. The number of hydrogen-bond donors (Lipinski definition) is 2. The van der Waals surface area contributed by atoms with Gasteiger partial charge in [0.05, 0.1) is 5.92 Å². The number of amides is 2. The van der Waals surface area contributed by atoms with Crippen LogP contribution in [0.2, 0.25) is 0 Å². The number of carboxylic acid groups (broad SMARTS) is 1. The lowest BCUT2D eigenvalue weighted by atomic mass is 9.96. The zero-order chi connectivity index (χ0) is 18.6. The van der Waals surface area contributed by atoms with Crippen LogP contribution in [-0.4, -0.2) is 35.0 Å². The average molecular weight is 346 g/mol. The Balaban J connectivity index is 1.98. The van der Waals surface area contributed by atoms with Crippen LogP contribution < -0.4 is 10.2 Å². The maximum Gasteiger partial charge on any atom is 0.303 e. The zero-order valence-corrected chi connectivity index (χ0v) is 15.0. The summed E-state index contributed by atoms with van der Waals surface area (Å²) in [6.45, 7) is 6.02. The molecule has 1 heterocycles. The standard InChI is InChI=1S/C19H26N2O4/c1-4-13-5-7-15(8-6-13)21-12-14(11-16(21)22)18(25)20-19(2,3)10-9-17(23)24/h5-8,14H,4,9-12H2,1-3H3,(H,20,25)(H,23,24). The summed E-state index contributed by atoms with van der Waals surface area (Å²) >= 11 is 0. The van der Waals surface area contributed by atoms with Crippen molar-refractivity contribution in [1.82, 2.24) is 5.32 Å². The van der Waals surface area contributed by atoms with Gasteiger partial charge in [-0.2, -0.15) is 0 Å². The number of hydrogen-bond acceptors (Lipinski definition) is 3. The molecule has 0 spiro atoms. The number of carbonyl (C=O) groups excluding carboxylic acids is 2. The smallest absolute Gasteiger partial charge is 0.303 e. The summed E-state index contributed by atoms with van der Waals surface area (Å²) in [6.07, 6.45) is 1.45. The van der Waals surface area contributed by atoms with E-state index in [1.807, 2.05) is 24.3 Å². The van der Waals surface area contributed by atoms with Gasteiger partial charge < -0.3 is 15.3 Å².